The first kappa shape index (κ1) is 9.72. The third-order valence-corrected chi connectivity index (χ3v) is 3.92. The fraction of sp³-hybridized carbons (Fsp3) is 0.273. The second-order valence-electron chi connectivity index (χ2n) is 4.13. The maximum absolute atomic E-state index is 5.73. The number of hydrogen-bond acceptors (Lipinski definition) is 4. The van der Waals surface area contributed by atoms with Crippen LogP contribution in [-0.4, -0.2) is 20.9 Å². The first-order valence-corrected chi connectivity index (χ1v) is 6.08. The number of fused-ring (bicyclic) bond motifs is 1. The maximum atomic E-state index is 5.73. The molecule has 0 bridgehead atoms. The van der Waals surface area contributed by atoms with Crippen molar-refractivity contribution < 1.29 is 0 Å². The normalized spacial score (nSPS) is 24.9. The van der Waals surface area contributed by atoms with Crippen molar-refractivity contribution in [3.8, 4) is 0 Å². The van der Waals surface area contributed by atoms with Gasteiger partial charge in [0.25, 0.3) is 0 Å². The van der Waals surface area contributed by atoms with E-state index in [0.29, 0.717) is 5.17 Å². The predicted molar refractivity (Wildman–Crippen MR) is 67.5 cm³/mol. The van der Waals surface area contributed by atoms with E-state index in [4.69, 9.17) is 5.73 Å². The molecule has 1 atom stereocenters. The molecular weight excluding hydrogens is 220 g/mol. The monoisotopic (exact) mass is 232 g/mol. The molecule has 2 aromatic heterocycles. The first-order valence-electron chi connectivity index (χ1n) is 5.10. The molecule has 4 nitrogen and oxygen atoms in total. The number of nitrogens with two attached hydrogens (primary N) is 1. The summed E-state index contributed by atoms with van der Waals surface area (Å²) in [6.45, 7) is 2.09. The van der Waals surface area contributed by atoms with Gasteiger partial charge in [-0.1, -0.05) is 11.8 Å². The van der Waals surface area contributed by atoms with Crippen LogP contribution in [0.1, 0.15) is 12.6 Å². The number of nitrogens with one attached hydrogen (secondary N) is 1. The van der Waals surface area contributed by atoms with Gasteiger partial charge in [0.1, 0.15) is 5.54 Å². The van der Waals surface area contributed by atoms with Gasteiger partial charge in [-0.15, -0.1) is 0 Å². The Morgan fingerprint density at radius 1 is 1.56 bits per heavy atom. The number of amidine groups is 1. The number of H-pyrrole nitrogens is 1. The smallest absolute Gasteiger partial charge is 0.154 e. The standard InChI is InChI=1S/C11H12N4S/c1-11(6-16-10(12)15-11)9-5-8-7(14-9)3-2-4-13-8/h2-5,14H,6H2,1H3,(H2,12,15). The van der Waals surface area contributed by atoms with E-state index in [1.807, 2.05) is 12.1 Å². The summed E-state index contributed by atoms with van der Waals surface area (Å²) >= 11 is 1.60. The van der Waals surface area contributed by atoms with Gasteiger partial charge in [0, 0.05) is 17.6 Å². The Hall–Kier alpha value is -1.49. The number of thioether (sulfide) groups is 1. The summed E-state index contributed by atoms with van der Waals surface area (Å²) in [7, 11) is 0. The fourth-order valence-electron chi connectivity index (χ4n) is 1.91. The summed E-state index contributed by atoms with van der Waals surface area (Å²) in [6, 6.07) is 5.99. The minimum atomic E-state index is -0.241. The lowest BCUT2D eigenvalue weighted by atomic mass is 10.0. The van der Waals surface area contributed by atoms with E-state index >= 15 is 0 Å². The van der Waals surface area contributed by atoms with Crippen LogP contribution in [0.2, 0.25) is 0 Å². The van der Waals surface area contributed by atoms with E-state index in [0.717, 1.165) is 22.5 Å². The van der Waals surface area contributed by atoms with Gasteiger partial charge >= 0.3 is 0 Å². The molecule has 0 fully saturated rings. The quantitative estimate of drug-likeness (QED) is 0.788. The Bertz CT molecular complexity index is 541. The van der Waals surface area contributed by atoms with Crippen LogP contribution in [0, 0.1) is 0 Å². The third kappa shape index (κ3) is 1.39. The van der Waals surface area contributed by atoms with Gasteiger partial charge in [-0.05, 0) is 25.1 Å². The van der Waals surface area contributed by atoms with Crippen LogP contribution < -0.4 is 5.73 Å². The maximum Gasteiger partial charge on any atom is 0.154 e. The van der Waals surface area contributed by atoms with Gasteiger partial charge in [0.15, 0.2) is 5.17 Å². The molecule has 1 aliphatic heterocycles. The molecule has 1 unspecified atom stereocenters. The zero-order valence-corrected chi connectivity index (χ0v) is 9.71. The van der Waals surface area contributed by atoms with Gasteiger partial charge < -0.3 is 10.7 Å². The van der Waals surface area contributed by atoms with Crippen LogP contribution in [0.5, 0.6) is 0 Å². The summed E-state index contributed by atoms with van der Waals surface area (Å²) in [5.74, 6) is 0.881. The minimum absolute atomic E-state index is 0.241. The lowest BCUT2D eigenvalue weighted by Crippen LogP contribution is -2.19. The number of hydrogen-bond donors (Lipinski definition) is 2. The highest BCUT2D eigenvalue weighted by Gasteiger charge is 2.33. The number of pyridine rings is 1. The van der Waals surface area contributed by atoms with Gasteiger partial charge in [0.05, 0.1) is 11.0 Å². The third-order valence-electron chi connectivity index (χ3n) is 2.83. The average molecular weight is 232 g/mol. The van der Waals surface area contributed by atoms with Crippen molar-refractivity contribution in [3.05, 3.63) is 30.1 Å². The Morgan fingerprint density at radius 3 is 3.12 bits per heavy atom. The van der Waals surface area contributed by atoms with Crippen molar-refractivity contribution >= 4 is 28.0 Å². The van der Waals surface area contributed by atoms with Crippen LogP contribution >= 0.6 is 11.8 Å². The van der Waals surface area contributed by atoms with E-state index in [1.165, 1.54) is 0 Å². The van der Waals surface area contributed by atoms with Crippen LogP contribution in [0.4, 0.5) is 0 Å². The lowest BCUT2D eigenvalue weighted by molar-refractivity contribution is 0.564. The number of aromatic amines is 1. The molecule has 0 spiro atoms. The highest BCUT2D eigenvalue weighted by molar-refractivity contribution is 8.14. The molecule has 0 aliphatic carbocycles. The molecule has 3 rings (SSSR count). The Morgan fingerprint density at radius 2 is 2.44 bits per heavy atom. The molecule has 0 aromatic carbocycles. The summed E-state index contributed by atoms with van der Waals surface area (Å²) in [4.78, 5) is 12.2. The molecule has 2 aromatic rings. The molecule has 0 saturated carbocycles. The van der Waals surface area contributed by atoms with Gasteiger partial charge in [-0.2, -0.15) is 0 Å². The van der Waals surface area contributed by atoms with Crippen LogP contribution in [-0.2, 0) is 5.54 Å². The van der Waals surface area contributed by atoms with Crippen molar-refractivity contribution in [1.82, 2.24) is 9.97 Å². The molecule has 3 heterocycles. The topological polar surface area (TPSA) is 67.1 Å². The SMILES string of the molecule is CC1(c2cc3ncccc3[nH]2)CSC(N)=N1. The van der Waals surface area contributed by atoms with Crippen LogP contribution in [0.3, 0.4) is 0 Å². The zero-order chi connectivity index (χ0) is 11.2. The Kier molecular flexibility index (Phi) is 1.97. The van der Waals surface area contributed by atoms with Crippen molar-refractivity contribution in [3.63, 3.8) is 0 Å². The highest BCUT2D eigenvalue weighted by atomic mass is 32.2. The molecule has 3 N–H and O–H groups in total. The molecule has 0 saturated heterocycles. The lowest BCUT2D eigenvalue weighted by Gasteiger charge is -2.17. The molecule has 0 amide bonds. The predicted octanol–water partition coefficient (Wildman–Crippen LogP) is 1.84. The van der Waals surface area contributed by atoms with Crippen molar-refractivity contribution in [2.45, 2.75) is 12.5 Å². The molecular formula is C11H12N4S. The Balaban J connectivity index is 2.13. The van der Waals surface area contributed by atoms with E-state index in [2.05, 4.69) is 28.0 Å². The molecule has 0 radical (unpaired) electrons. The molecule has 1 aliphatic rings. The number of nitrogens with zero attached hydrogens (tertiary/aromatic N) is 2. The number of aromatic nitrogens is 2. The van der Waals surface area contributed by atoms with Gasteiger partial charge in [-0.25, -0.2) is 4.99 Å². The summed E-state index contributed by atoms with van der Waals surface area (Å²) in [5.41, 5.74) is 8.58. The second-order valence-corrected chi connectivity index (χ2v) is 5.13. The van der Waals surface area contributed by atoms with E-state index < -0.39 is 0 Å². The first-order chi connectivity index (χ1) is 7.67. The Labute approximate surface area is 97.4 Å². The van der Waals surface area contributed by atoms with E-state index in [9.17, 15) is 0 Å². The number of rotatable bonds is 1. The summed E-state index contributed by atoms with van der Waals surface area (Å²) in [5, 5.41) is 0.661. The molecule has 16 heavy (non-hydrogen) atoms. The molecule has 5 heteroatoms. The van der Waals surface area contributed by atoms with E-state index in [-0.39, 0.29) is 5.54 Å². The second kappa shape index (κ2) is 3.25. The molecule has 82 valence electrons. The van der Waals surface area contributed by atoms with Crippen molar-refractivity contribution in [1.29, 1.82) is 0 Å². The van der Waals surface area contributed by atoms with Gasteiger partial charge in [0.2, 0.25) is 0 Å². The van der Waals surface area contributed by atoms with Gasteiger partial charge in [-0.3, -0.25) is 4.98 Å². The van der Waals surface area contributed by atoms with Crippen molar-refractivity contribution in [2.24, 2.45) is 10.7 Å². The zero-order valence-electron chi connectivity index (χ0n) is 8.90. The van der Waals surface area contributed by atoms with Crippen LogP contribution in [0.25, 0.3) is 11.0 Å². The summed E-state index contributed by atoms with van der Waals surface area (Å²) in [6.07, 6.45) is 1.79. The van der Waals surface area contributed by atoms with Crippen molar-refractivity contribution in [2.75, 3.05) is 5.75 Å². The average Bonchev–Trinajstić information content (AvgIpc) is 2.83. The van der Waals surface area contributed by atoms with Crippen LogP contribution in [0.15, 0.2) is 29.4 Å². The largest absolute Gasteiger partial charge is 0.379 e. The number of aliphatic imine (C=N–C) groups is 1. The highest BCUT2D eigenvalue weighted by Crippen LogP contribution is 2.35. The van der Waals surface area contributed by atoms with E-state index in [1.54, 1.807) is 18.0 Å². The summed E-state index contributed by atoms with van der Waals surface area (Å²) < 4.78 is 0. The minimum Gasteiger partial charge on any atom is -0.379 e. The fourth-order valence-corrected chi connectivity index (χ4v) is 2.82.